The lowest BCUT2D eigenvalue weighted by molar-refractivity contribution is 0.249. The van der Waals surface area contributed by atoms with E-state index in [-0.39, 0.29) is 0 Å². The zero-order valence-electron chi connectivity index (χ0n) is 18.4. The monoisotopic (exact) mass is 415 g/mol. The molecule has 0 unspecified atom stereocenters. The third kappa shape index (κ3) is 3.63. The van der Waals surface area contributed by atoms with Gasteiger partial charge in [0.2, 0.25) is 0 Å². The van der Waals surface area contributed by atoms with Crippen molar-refractivity contribution in [3.63, 3.8) is 0 Å². The van der Waals surface area contributed by atoms with Gasteiger partial charge in [-0.05, 0) is 75.7 Å². The average molecular weight is 416 g/mol. The molecule has 162 valence electrons. The molecule has 0 radical (unpaired) electrons. The number of pyridine rings is 1. The molecule has 4 heterocycles. The SMILES string of the molecule is c1ccc(-n2nc(C3CCC3)c3c(N4CCC(CN5CCCC5)CC4)ccnc32)cc1. The topological polar surface area (TPSA) is 37.2 Å². The Morgan fingerprint density at radius 2 is 1.61 bits per heavy atom. The van der Waals surface area contributed by atoms with Crippen LogP contribution in [0.25, 0.3) is 16.7 Å². The van der Waals surface area contributed by atoms with Crippen LogP contribution in [0.2, 0.25) is 0 Å². The summed E-state index contributed by atoms with van der Waals surface area (Å²) >= 11 is 0. The Morgan fingerprint density at radius 3 is 2.32 bits per heavy atom. The predicted octanol–water partition coefficient (Wildman–Crippen LogP) is 5.00. The first-order valence-corrected chi connectivity index (χ1v) is 12.3. The summed E-state index contributed by atoms with van der Waals surface area (Å²) in [6.07, 6.45) is 11.2. The van der Waals surface area contributed by atoms with Crippen molar-refractivity contribution in [2.24, 2.45) is 5.92 Å². The fourth-order valence-electron chi connectivity index (χ4n) is 5.72. The summed E-state index contributed by atoms with van der Waals surface area (Å²) in [6.45, 7) is 6.23. The molecule has 3 aromatic rings. The van der Waals surface area contributed by atoms with Crippen LogP contribution in [0.3, 0.4) is 0 Å². The highest BCUT2D eigenvalue weighted by Crippen LogP contribution is 2.42. The summed E-state index contributed by atoms with van der Waals surface area (Å²) in [5.74, 6) is 1.44. The second-order valence-electron chi connectivity index (χ2n) is 9.73. The van der Waals surface area contributed by atoms with E-state index in [1.165, 1.54) is 81.3 Å². The van der Waals surface area contributed by atoms with Gasteiger partial charge in [-0.1, -0.05) is 24.6 Å². The molecular weight excluding hydrogens is 382 g/mol. The molecule has 1 aromatic carbocycles. The third-order valence-corrected chi connectivity index (χ3v) is 7.74. The summed E-state index contributed by atoms with van der Waals surface area (Å²) in [5, 5.41) is 6.44. The lowest BCUT2D eigenvalue weighted by atomic mass is 9.82. The number of anilines is 1. The van der Waals surface area contributed by atoms with Crippen molar-refractivity contribution in [2.45, 2.75) is 50.9 Å². The van der Waals surface area contributed by atoms with Gasteiger partial charge in [0.25, 0.3) is 0 Å². The van der Waals surface area contributed by atoms with Crippen LogP contribution in [-0.4, -0.2) is 52.4 Å². The van der Waals surface area contributed by atoms with Crippen molar-refractivity contribution in [3.05, 3.63) is 48.3 Å². The van der Waals surface area contributed by atoms with Crippen molar-refractivity contribution in [3.8, 4) is 5.69 Å². The van der Waals surface area contributed by atoms with Crippen LogP contribution in [0, 0.1) is 5.92 Å². The highest BCUT2D eigenvalue weighted by atomic mass is 15.3. The van der Waals surface area contributed by atoms with E-state index in [9.17, 15) is 0 Å². The van der Waals surface area contributed by atoms with E-state index in [0.717, 1.165) is 30.3 Å². The van der Waals surface area contributed by atoms with Gasteiger partial charge in [0.1, 0.15) is 0 Å². The number of aromatic nitrogens is 3. The van der Waals surface area contributed by atoms with E-state index in [1.54, 1.807) is 0 Å². The van der Waals surface area contributed by atoms with Crippen LogP contribution < -0.4 is 4.90 Å². The molecule has 0 N–H and O–H groups in total. The highest BCUT2D eigenvalue weighted by Gasteiger charge is 2.30. The van der Waals surface area contributed by atoms with Crippen LogP contribution in [0.15, 0.2) is 42.6 Å². The summed E-state index contributed by atoms with van der Waals surface area (Å²) in [4.78, 5) is 10.1. The molecule has 31 heavy (non-hydrogen) atoms. The molecule has 5 heteroatoms. The Bertz CT molecular complexity index is 1020. The standard InChI is InChI=1S/C26H33N5/c1-2-9-22(10-3-1)31-26-24(25(28-31)21-7-6-8-21)23(11-14-27-26)30-17-12-20(13-18-30)19-29-15-4-5-16-29/h1-3,9-11,14,20-21H,4-8,12-13,15-19H2. The fraction of sp³-hybridized carbons (Fsp3) is 0.538. The molecule has 2 saturated heterocycles. The first kappa shape index (κ1) is 19.3. The predicted molar refractivity (Wildman–Crippen MR) is 126 cm³/mol. The number of benzene rings is 1. The summed E-state index contributed by atoms with van der Waals surface area (Å²) < 4.78 is 2.08. The van der Waals surface area contributed by atoms with E-state index in [4.69, 9.17) is 10.1 Å². The van der Waals surface area contributed by atoms with E-state index >= 15 is 0 Å². The Labute approximate surface area is 185 Å². The zero-order valence-corrected chi connectivity index (χ0v) is 18.4. The zero-order chi connectivity index (χ0) is 20.6. The number of fused-ring (bicyclic) bond motifs is 1. The van der Waals surface area contributed by atoms with Crippen molar-refractivity contribution < 1.29 is 0 Å². The number of para-hydroxylation sites is 1. The van der Waals surface area contributed by atoms with Crippen LogP contribution in [0.5, 0.6) is 0 Å². The second-order valence-corrected chi connectivity index (χ2v) is 9.73. The second kappa shape index (κ2) is 8.27. The van der Waals surface area contributed by atoms with Crippen molar-refractivity contribution in [2.75, 3.05) is 37.6 Å². The minimum Gasteiger partial charge on any atom is -0.371 e. The maximum atomic E-state index is 5.14. The number of likely N-dealkylation sites (tertiary alicyclic amines) is 1. The Kier molecular flexibility index (Phi) is 5.15. The summed E-state index contributed by atoms with van der Waals surface area (Å²) in [7, 11) is 0. The maximum Gasteiger partial charge on any atom is 0.165 e. The fourth-order valence-corrected chi connectivity index (χ4v) is 5.72. The molecule has 3 fully saturated rings. The van der Waals surface area contributed by atoms with Gasteiger partial charge in [-0.25, -0.2) is 9.67 Å². The molecule has 3 aliphatic rings. The van der Waals surface area contributed by atoms with Gasteiger partial charge in [-0.3, -0.25) is 0 Å². The number of hydrogen-bond acceptors (Lipinski definition) is 4. The summed E-state index contributed by atoms with van der Waals surface area (Å²) in [5.41, 5.74) is 4.75. The van der Waals surface area contributed by atoms with Crippen molar-refractivity contribution in [1.82, 2.24) is 19.7 Å². The third-order valence-electron chi connectivity index (χ3n) is 7.74. The number of rotatable bonds is 5. The minimum atomic E-state index is 0.586. The summed E-state index contributed by atoms with van der Waals surface area (Å²) in [6, 6.07) is 12.7. The van der Waals surface area contributed by atoms with Gasteiger partial charge in [0.15, 0.2) is 5.65 Å². The lowest BCUT2D eigenvalue weighted by Crippen LogP contribution is -2.38. The molecule has 0 amide bonds. The quantitative estimate of drug-likeness (QED) is 0.588. The Hall–Kier alpha value is -2.40. The van der Waals surface area contributed by atoms with Crippen molar-refractivity contribution >= 4 is 16.7 Å². The molecule has 0 atom stereocenters. The largest absolute Gasteiger partial charge is 0.371 e. The van der Waals surface area contributed by atoms with Gasteiger partial charge in [0.05, 0.1) is 22.5 Å². The number of piperidine rings is 1. The first-order valence-electron chi connectivity index (χ1n) is 12.3. The molecule has 1 aliphatic carbocycles. The van der Waals surface area contributed by atoms with Gasteiger partial charge in [0, 0.05) is 31.7 Å². The van der Waals surface area contributed by atoms with Gasteiger partial charge in [-0.2, -0.15) is 5.10 Å². The normalized spacial score (nSPS) is 21.1. The lowest BCUT2D eigenvalue weighted by Gasteiger charge is -2.36. The maximum absolute atomic E-state index is 5.14. The molecule has 2 aliphatic heterocycles. The molecule has 1 saturated carbocycles. The minimum absolute atomic E-state index is 0.586. The van der Waals surface area contributed by atoms with Crippen molar-refractivity contribution in [1.29, 1.82) is 0 Å². The molecule has 0 spiro atoms. The van der Waals surface area contributed by atoms with Crippen LogP contribution in [-0.2, 0) is 0 Å². The molecular formula is C26H33N5. The van der Waals surface area contributed by atoms with E-state index in [2.05, 4.69) is 50.9 Å². The van der Waals surface area contributed by atoms with Gasteiger partial charge < -0.3 is 9.80 Å². The number of nitrogens with zero attached hydrogens (tertiary/aromatic N) is 5. The average Bonchev–Trinajstić information content (AvgIpc) is 3.42. The first-order chi connectivity index (χ1) is 15.4. The van der Waals surface area contributed by atoms with Crippen LogP contribution >= 0.6 is 0 Å². The number of hydrogen-bond donors (Lipinski definition) is 0. The van der Waals surface area contributed by atoms with E-state index < -0.39 is 0 Å². The van der Waals surface area contributed by atoms with Crippen LogP contribution in [0.4, 0.5) is 5.69 Å². The van der Waals surface area contributed by atoms with Gasteiger partial charge in [-0.15, -0.1) is 0 Å². The molecule has 6 rings (SSSR count). The van der Waals surface area contributed by atoms with Gasteiger partial charge >= 0.3 is 0 Å². The van der Waals surface area contributed by atoms with Crippen LogP contribution in [0.1, 0.15) is 56.6 Å². The highest BCUT2D eigenvalue weighted by molar-refractivity contribution is 5.93. The smallest absolute Gasteiger partial charge is 0.165 e. The Balaban J connectivity index is 1.31. The molecule has 2 aromatic heterocycles. The molecule has 5 nitrogen and oxygen atoms in total. The van der Waals surface area contributed by atoms with E-state index in [1.807, 2.05) is 6.20 Å². The Morgan fingerprint density at radius 1 is 0.839 bits per heavy atom. The van der Waals surface area contributed by atoms with E-state index in [0.29, 0.717) is 5.92 Å². The molecule has 0 bridgehead atoms.